The molecule has 1 heterocycles. The molecule has 0 bridgehead atoms. The highest BCUT2D eigenvalue weighted by Gasteiger charge is 2.00. The topological polar surface area (TPSA) is 24.9 Å². The summed E-state index contributed by atoms with van der Waals surface area (Å²) in [6.45, 7) is 2.68. The van der Waals surface area contributed by atoms with Gasteiger partial charge in [-0.1, -0.05) is 19.1 Å². The third-order valence-electron chi connectivity index (χ3n) is 2.25. The molecule has 0 saturated carbocycles. The number of anilines is 1. The fourth-order valence-electron chi connectivity index (χ4n) is 1.38. The Labute approximate surface area is 98.2 Å². The summed E-state index contributed by atoms with van der Waals surface area (Å²) in [7, 11) is 0. The van der Waals surface area contributed by atoms with Gasteiger partial charge in [0, 0.05) is 11.9 Å². The Morgan fingerprint density at radius 1 is 1.44 bits per heavy atom. The summed E-state index contributed by atoms with van der Waals surface area (Å²) in [4.78, 5) is 4.38. The van der Waals surface area contributed by atoms with Crippen molar-refractivity contribution in [3.05, 3.63) is 46.7 Å². The van der Waals surface area contributed by atoms with E-state index in [9.17, 15) is 4.39 Å². The van der Waals surface area contributed by atoms with Gasteiger partial charge >= 0.3 is 0 Å². The van der Waals surface area contributed by atoms with E-state index in [1.807, 2.05) is 11.4 Å². The average Bonchev–Trinajstić information content (AvgIpc) is 2.74. The monoisotopic (exact) mass is 236 g/mol. The molecule has 1 N–H and O–H groups in total. The highest BCUT2D eigenvalue weighted by molar-refractivity contribution is 7.13. The van der Waals surface area contributed by atoms with Crippen molar-refractivity contribution in [3.63, 3.8) is 0 Å². The summed E-state index contributed by atoms with van der Waals surface area (Å²) in [6, 6.07) is 6.58. The maximum absolute atomic E-state index is 12.9. The molecule has 0 amide bonds. The van der Waals surface area contributed by atoms with Crippen LogP contribution in [0, 0.1) is 5.82 Å². The predicted molar refractivity (Wildman–Crippen MR) is 65.2 cm³/mol. The van der Waals surface area contributed by atoms with Gasteiger partial charge in [0.2, 0.25) is 0 Å². The van der Waals surface area contributed by atoms with Gasteiger partial charge in [-0.2, -0.15) is 0 Å². The predicted octanol–water partition coefficient (Wildman–Crippen LogP) is 3.46. The average molecular weight is 236 g/mol. The lowest BCUT2D eigenvalue weighted by Gasteiger charge is -2.02. The lowest BCUT2D eigenvalue weighted by Crippen LogP contribution is -1.99. The second-order valence-corrected chi connectivity index (χ2v) is 4.34. The highest BCUT2D eigenvalue weighted by Crippen LogP contribution is 2.16. The van der Waals surface area contributed by atoms with Crippen LogP contribution in [0.3, 0.4) is 0 Å². The first kappa shape index (κ1) is 11.1. The smallest absolute Gasteiger partial charge is 0.183 e. The summed E-state index contributed by atoms with van der Waals surface area (Å²) in [6.07, 6.45) is 0.943. The largest absolute Gasteiger partial charge is 0.357 e. The Morgan fingerprint density at radius 3 is 3.00 bits per heavy atom. The third kappa shape index (κ3) is 2.79. The summed E-state index contributed by atoms with van der Waals surface area (Å²) < 4.78 is 12.9. The third-order valence-corrected chi connectivity index (χ3v) is 3.10. The van der Waals surface area contributed by atoms with E-state index in [0.717, 1.165) is 22.8 Å². The van der Waals surface area contributed by atoms with E-state index in [1.165, 1.54) is 12.1 Å². The minimum atomic E-state index is -0.201. The van der Waals surface area contributed by atoms with Crippen LogP contribution < -0.4 is 5.32 Å². The molecule has 2 nitrogen and oxygen atoms in total. The molecule has 0 aliphatic carbocycles. The molecule has 2 rings (SSSR count). The molecule has 0 saturated heterocycles. The van der Waals surface area contributed by atoms with Crippen LogP contribution in [0.25, 0.3) is 0 Å². The van der Waals surface area contributed by atoms with Crippen molar-refractivity contribution in [2.24, 2.45) is 0 Å². The first-order valence-corrected chi connectivity index (χ1v) is 6.08. The van der Waals surface area contributed by atoms with Gasteiger partial charge in [0.1, 0.15) is 5.82 Å². The summed E-state index contributed by atoms with van der Waals surface area (Å²) in [5.74, 6) is -0.201. The van der Waals surface area contributed by atoms with Crippen molar-refractivity contribution in [1.82, 2.24) is 4.98 Å². The van der Waals surface area contributed by atoms with Gasteiger partial charge in [0.15, 0.2) is 5.13 Å². The fraction of sp³-hybridized carbons (Fsp3) is 0.250. The first-order valence-electron chi connectivity index (χ1n) is 5.20. The normalized spacial score (nSPS) is 10.4. The molecular formula is C12H13FN2S. The van der Waals surface area contributed by atoms with Crippen LogP contribution in [-0.2, 0) is 13.0 Å². The number of halogens is 1. The fourth-order valence-corrected chi connectivity index (χ4v) is 2.17. The number of rotatable bonds is 4. The van der Waals surface area contributed by atoms with E-state index in [0.29, 0.717) is 6.54 Å². The zero-order valence-electron chi connectivity index (χ0n) is 9.03. The number of hydrogen-bond acceptors (Lipinski definition) is 3. The molecule has 0 atom stereocenters. The SMILES string of the molecule is CCc1csc(NCc2cccc(F)c2)n1. The Morgan fingerprint density at radius 2 is 2.31 bits per heavy atom. The lowest BCUT2D eigenvalue weighted by atomic mass is 10.2. The van der Waals surface area contributed by atoms with Crippen LogP contribution in [0.4, 0.5) is 9.52 Å². The number of benzene rings is 1. The van der Waals surface area contributed by atoms with E-state index in [1.54, 1.807) is 17.4 Å². The second kappa shape index (κ2) is 5.07. The minimum absolute atomic E-state index is 0.201. The van der Waals surface area contributed by atoms with Crippen molar-refractivity contribution in [3.8, 4) is 0 Å². The number of aryl methyl sites for hydroxylation is 1. The Balaban J connectivity index is 1.96. The van der Waals surface area contributed by atoms with Crippen LogP contribution >= 0.6 is 11.3 Å². The number of hydrogen-bond donors (Lipinski definition) is 1. The number of aromatic nitrogens is 1. The molecule has 84 valence electrons. The number of thiazole rings is 1. The van der Waals surface area contributed by atoms with E-state index >= 15 is 0 Å². The number of nitrogens with one attached hydrogen (secondary N) is 1. The summed E-state index contributed by atoms with van der Waals surface area (Å²) in [5, 5.41) is 6.11. The summed E-state index contributed by atoms with van der Waals surface area (Å²) in [5.41, 5.74) is 2.01. The van der Waals surface area contributed by atoms with E-state index in [2.05, 4.69) is 17.2 Å². The molecule has 0 spiro atoms. The molecule has 0 unspecified atom stereocenters. The maximum atomic E-state index is 12.9. The maximum Gasteiger partial charge on any atom is 0.183 e. The molecule has 0 aliphatic rings. The molecule has 1 aromatic carbocycles. The molecule has 0 radical (unpaired) electrons. The van der Waals surface area contributed by atoms with Crippen molar-refractivity contribution in [2.45, 2.75) is 19.9 Å². The Bertz CT molecular complexity index is 468. The van der Waals surface area contributed by atoms with Crippen molar-refractivity contribution >= 4 is 16.5 Å². The minimum Gasteiger partial charge on any atom is -0.357 e. The van der Waals surface area contributed by atoms with Crippen molar-refractivity contribution < 1.29 is 4.39 Å². The highest BCUT2D eigenvalue weighted by atomic mass is 32.1. The number of nitrogens with zero attached hydrogens (tertiary/aromatic N) is 1. The molecular weight excluding hydrogens is 223 g/mol. The van der Waals surface area contributed by atoms with E-state index < -0.39 is 0 Å². The van der Waals surface area contributed by atoms with Gasteiger partial charge in [-0.3, -0.25) is 0 Å². The molecule has 4 heteroatoms. The van der Waals surface area contributed by atoms with E-state index in [-0.39, 0.29) is 5.82 Å². The Hall–Kier alpha value is -1.42. The zero-order valence-corrected chi connectivity index (χ0v) is 9.85. The van der Waals surface area contributed by atoms with Gasteiger partial charge in [0.05, 0.1) is 5.69 Å². The van der Waals surface area contributed by atoms with Crippen molar-refractivity contribution in [1.29, 1.82) is 0 Å². The van der Waals surface area contributed by atoms with Gasteiger partial charge in [-0.15, -0.1) is 11.3 Å². The summed E-state index contributed by atoms with van der Waals surface area (Å²) >= 11 is 1.58. The molecule has 0 fully saturated rings. The molecule has 16 heavy (non-hydrogen) atoms. The van der Waals surface area contributed by atoms with Gasteiger partial charge in [-0.05, 0) is 24.1 Å². The van der Waals surface area contributed by atoms with Gasteiger partial charge in [-0.25, -0.2) is 9.37 Å². The van der Waals surface area contributed by atoms with E-state index in [4.69, 9.17) is 0 Å². The molecule has 0 aliphatic heterocycles. The van der Waals surface area contributed by atoms with Crippen LogP contribution in [0.15, 0.2) is 29.6 Å². The van der Waals surface area contributed by atoms with Crippen LogP contribution in [-0.4, -0.2) is 4.98 Å². The second-order valence-electron chi connectivity index (χ2n) is 3.48. The lowest BCUT2D eigenvalue weighted by molar-refractivity contribution is 0.626. The Kier molecular flexibility index (Phi) is 3.51. The molecule has 2 aromatic rings. The van der Waals surface area contributed by atoms with Gasteiger partial charge in [0.25, 0.3) is 0 Å². The van der Waals surface area contributed by atoms with Gasteiger partial charge < -0.3 is 5.32 Å². The standard InChI is InChI=1S/C12H13FN2S/c1-2-11-8-16-12(15-11)14-7-9-4-3-5-10(13)6-9/h3-6,8H,2,7H2,1H3,(H,14,15). The zero-order chi connectivity index (χ0) is 11.4. The first-order chi connectivity index (χ1) is 7.78. The quantitative estimate of drug-likeness (QED) is 0.879. The van der Waals surface area contributed by atoms with Crippen molar-refractivity contribution in [2.75, 3.05) is 5.32 Å². The van der Waals surface area contributed by atoms with Crippen LogP contribution in [0.5, 0.6) is 0 Å². The molecule has 1 aromatic heterocycles. The van der Waals surface area contributed by atoms with Crippen LogP contribution in [0.1, 0.15) is 18.2 Å². The van der Waals surface area contributed by atoms with Crippen LogP contribution in [0.2, 0.25) is 0 Å².